The zero-order chi connectivity index (χ0) is 12.9. The van der Waals surface area contributed by atoms with Crippen molar-refractivity contribution in [2.24, 2.45) is 5.92 Å². The van der Waals surface area contributed by atoms with Gasteiger partial charge in [0.15, 0.2) is 0 Å². The fourth-order valence-electron chi connectivity index (χ4n) is 1.23. The first-order chi connectivity index (χ1) is 8.16. The number of unbranched alkanes of at least 4 members (excludes halogenated alkanes) is 3. The molecule has 0 spiro atoms. The third kappa shape index (κ3) is 12.8. The molecule has 0 aliphatic heterocycles. The van der Waals surface area contributed by atoms with Crippen molar-refractivity contribution >= 4 is 5.91 Å². The summed E-state index contributed by atoms with van der Waals surface area (Å²) >= 11 is 0. The van der Waals surface area contributed by atoms with E-state index in [1.54, 1.807) is 12.2 Å². The van der Waals surface area contributed by atoms with E-state index in [-0.39, 0.29) is 12.5 Å². The molecule has 17 heavy (non-hydrogen) atoms. The number of carbonyl (C=O) groups excluding carboxylic acids is 1. The molecule has 3 nitrogen and oxygen atoms in total. The Balaban J connectivity index is 3.50. The summed E-state index contributed by atoms with van der Waals surface area (Å²) < 4.78 is 0. The van der Waals surface area contributed by atoms with Gasteiger partial charge in [0.2, 0.25) is 5.91 Å². The molecule has 0 aliphatic carbocycles. The van der Waals surface area contributed by atoms with Gasteiger partial charge in [-0.2, -0.15) is 0 Å². The van der Waals surface area contributed by atoms with Crippen LogP contribution < -0.4 is 5.32 Å². The van der Waals surface area contributed by atoms with Crippen LogP contribution >= 0.6 is 0 Å². The number of amides is 1. The number of aliphatic hydroxyl groups excluding tert-OH is 1. The molecule has 2 N–H and O–H groups in total. The van der Waals surface area contributed by atoms with Crippen molar-refractivity contribution in [3.8, 4) is 0 Å². The Labute approximate surface area is 105 Å². The Bertz CT molecular complexity index is 245. The van der Waals surface area contributed by atoms with Crippen LogP contribution in [-0.2, 0) is 4.79 Å². The average molecular weight is 239 g/mol. The number of rotatable bonds is 9. The highest BCUT2D eigenvalue weighted by molar-refractivity contribution is 5.87. The van der Waals surface area contributed by atoms with Gasteiger partial charge >= 0.3 is 0 Å². The number of nitrogens with one attached hydrogen (secondary N) is 1. The molecule has 0 saturated carbocycles. The van der Waals surface area contributed by atoms with Gasteiger partial charge in [0.05, 0.1) is 0 Å². The van der Waals surface area contributed by atoms with Gasteiger partial charge in [-0.05, 0) is 25.2 Å². The molecule has 0 aromatic carbocycles. The summed E-state index contributed by atoms with van der Waals surface area (Å²) in [4.78, 5) is 11.3. The highest BCUT2D eigenvalue weighted by Crippen LogP contribution is 1.99. The second-order valence-corrected chi connectivity index (χ2v) is 4.50. The molecular formula is C14H25NO2. The smallest absolute Gasteiger partial charge is 0.243 e. The van der Waals surface area contributed by atoms with E-state index in [0.29, 0.717) is 12.5 Å². The largest absolute Gasteiger partial charge is 0.396 e. The molecule has 0 fully saturated rings. The van der Waals surface area contributed by atoms with E-state index in [9.17, 15) is 4.79 Å². The molecule has 0 unspecified atom stereocenters. The van der Waals surface area contributed by atoms with Gasteiger partial charge < -0.3 is 10.4 Å². The summed E-state index contributed by atoms with van der Waals surface area (Å²) in [6.07, 6.45) is 11.3. The number of allylic oxidation sites excluding steroid dienone is 3. The van der Waals surface area contributed by atoms with Crippen LogP contribution in [0.3, 0.4) is 0 Å². The van der Waals surface area contributed by atoms with E-state index in [4.69, 9.17) is 5.11 Å². The number of aliphatic hydroxyl groups is 1. The van der Waals surface area contributed by atoms with Gasteiger partial charge in [0, 0.05) is 19.2 Å². The Hall–Kier alpha value is -1.09. The lowest BCUT2D eigenvalue weighted by atomic mass is 10.2. The monoisotopic (exact) mass is 239 g/mol. The van der Waals surface area contributed by atoms with Crippen LogP contribution in [-0.4, -0.2) is 24.2 Å². The van der Waals surface area contributed by atoms with Crippen LogP contribution in [0.5, 0.6) is 0 Å². The zero-order valence-corrected chi connectivity index (χ0v) is 11.0. The number of hydrogen-bond donors (Lipinski definition) is 2. The number of carbonyl (C=O) groups is 1. The van der Waals surface area contributed by atoms with Crippen molar-refractivity contribution in [3.05, 3.63) is 24.3 Å². The molecule has 98 valence electrons. The highest BCUT2D eigenvalue weighted by atomic mass is 16.2. The standard InChI is InChI=1S/C14H25NO2/c1-13(2)12-15-14(17)10-8-6-4-3-5-7-9-11-16/h4,6,8,10,13,16H,3,5,7,9,11-12H2,1-2H3,(H,15,17). The van der Waals surface area contributed by atoms with Crippen molar-refractivity contribution < 1.29 is 9.90 Å². The number of hydrogen-bond acceptors (Lipinski definition) is 2. The third-order valence-electron chi connectivity index (χ3n) is 2.21. The fourth-order valence-corrected chi connectivity index (χ4v) is 1.23. The first kappa shape index (κ1) is 15.9. The van der Waals surface area contributed by atoms with Crippen molar-refractivity contribution in [1.82, 2.24) is 5.32 Å². The zero-order valence-electron chi connectivity index (χ0n) is 11.0. The molecule has 0 aromatic rings. The maximum absolute atomic E-state index is 11.3. The van der Waals surface area contributed by atoms with Crippen LogP contribution in [0.4, 0.5) is 0 Å². The van der Waals surface area contributed by atoms with Gasteiger partial charge in [-0.3, -0.25) is 4.79 Å². The maximum Gasteiger partial charge on any atom is 0.243 e. The van der Waals surface area contributed by atoms with Gasteiger partial charge in [0.25, 0.3) is 0 Å². The van der Waals surface area contributed by atoms with Crippen molar-refractivity contribution in [2.45, 2.75) is 39.5 Å². The van der Waals surface area contributed by atoms with Crippen LogP contribution in [0.25, 0.3) is 0 Å². The second-order valence-electron chi connectivity index (χ2n) is 4.50. The summed E-state index contributed by atoms with van der Waals surface area (Å²) in [5.41, 5.74) is 0. The molecule has 0 rings (SSSR count). The van der Waals surface area contributed by atoms with Crippen molar-refractivity contribution in [2.75, 3.05) is 13.2 Å². The lowest BCUT2D eigenvalue weighted by Gasteiger charge is -2.03. The quantitative estimate of drug-likeness (QED) is 0.369. The molecular weight excluding hydrogens is 214 g/mol. The van der Waals surface area contributed by atoms with E-state index in [2.05, 4.69) is 19.2 Å². The molecule has 0 radical (unpaired) electrons. The molecule has 0 heterocycles. The lowest BCUT2D eigenvalue weighted by Crippen LogP contribution is -2.25. The summed E-state index contributed by atoms with van der Waals surface area (Å²) in [5.74, 6) is 0.443. The molecule has 0 atom stereocenters. The minimum Gasteiger partial charge on any atom is -0.396 e. The van der Waals surface area contributed by atoms with E-state index >= 15 is 0 Å². The van der Waals surface area contributed by atoms with Gasteiger partial charge in [0.1, 0.15) is 0 Å². The van der Waals surface area contributed by atoms with Crippen LogP contribution in [0.15, 0.2) is 24.3 Å². The summed E-state index contributed by atoms with van der Waals surface area (Å²) in [6.45, 7) is 5.13. The summed E-state index contributed by atoms with van der Waals surface area (Å²) in [5, 5.41) is 11.4. The first-order valence-corrected chi connectivity index (χ1v) is 6.38. The fraction of sp³-hybridized carbons (Fsp3) is 0.643. The van der Waals surface area contributed by atoms with Crippen LogP contribution in [0.1, 0.15) is 39.5 Å². The van der Waals surface area contributed by atoms with Crippen molar-refractivity contribution in [1.29, 1.82) is 0 Å². The lowest BCUT2D eigenvalue weighted by molar-refractivity contribution is -0.116. The van der Waals surface area contributed by atoms with Crippen molar-refractivity contribution in [3.63, 3.8) is 0 Å². The first-order valence-electron chi connectivity index (χ1n) is 6.38. The molecule has 0 aliphatic rings. The molecule has 0 aromatic heterocycles. The average Bonchev–Trinajstić information content (AvgIpc) is 2.30. The van der Waals surface area contributed by atoms with E-state index in [1.807, 2.05) is 12.2 Å². The van der Waals surface area contributed by atoms with Gasteiger partial charge in [-0.25, -0.2) is 0 Å². The topological polar surface area (TPSA) is 49.3 Å². The van der Waals surface area contributed by atoms with Gasteiger partial charge in [-0.15, -0.1) is 0 Å². The Kier molecular flexibility index (Phi) is 10.7. The van der Waals surface area contributed by atoms with Crippen LogP contribution in [0.2, 0.25) is 0 Å². The highest BCUT2D eigenvalue weighted by Gasteiger charge is 1.95. The Morgan fingerprint density at radius 2 is 2.00 bits per heavy atom. The SMILES string of the molecule is CC(C)CNC(=O)C=CC=CCCCCCO. The molecule has 0 saturated heterocycles. The summed E-state index contributed by atoms with van der Waals surface area (Å²) in [6, 6.07) is 0. The molecule has 0 bridgehead atoms. The van der Waals surface area contributed by atoms with E-state index in [1.165, 1.54) is 0 Å². The maximum atomic E-state index is 11.3. The predicted octanol–water partition coefficient (Wildman–Crippen LogP) is 2.42. The Morgan fingerprint density at radius 3 is 2.65 bits per heavy atom. The summed E-state index contributed by atoms with van der Waals surface area (Å²) in [7, 11) is 0. The Morgan fingerprint density at radius 1 is 1.24 bits per heavy atom. The van der Waals surface area contributed by atoms with E-state index < -0.39 is 0 Å². The molecule has 3 heteroatoms. The second kappa shape index (κ2) is 11.4. The third-order valence-corrected chi connectivity index (χ3v) is 2.21. The minimum atomic E-state index is -0.0383. The van der Waals surface area contributed by atoms with Gasteiger partial charge in [-0.1, -0.05) is 38.5 Å². The van der Waals surface area contributed by atoms with Crippen LogP contribution in [0, 0.1) is 5.92 Å². The molecule has 1 amide bonds. The van der Waals surface area contributed by atoms with E-state index in [0.717, 1.165) is 25.7 Å². The minimum absolute atomic E-state index is 0.0383. The normalized spacial score (nSPS) is 11.8. The predicted molar refractivity (Wildman–Crippen MR) is 71.7 cm³/mol.